The van der Waals surface area contributed by atoms with Gasteiger partial charge in [-0.2, -0.15) is 4.99 Å². The highest BCUT2D eigenvalue weighted by Gasteiger charge is 2.06. The molecule has 0 unspecified atom stereocenters. The van der Waals surface area contributed by atoms with Crippen LogP contribution in [0.1, 0.15) is 15.9 Å². The Morgan fingerprint density at radius 2 is 1.89 bits per heavy atom. The highest BCUT2D eigenvalue weighted by Crippen LogP contribution is 2.08. The highest BCUT2D eigenvalue weighted by atomic mass is 35.5. The number of amidine groups is 1. The average Bonchev–Trinajstić information content (AvgIpc) is 2.39. The van der Waals surface area contributed by atoms with Gasteiger partial charge in [0, 0.05) is 17.3 Å². The normalized spacial score (nSPS) is 11.3. The molecule has 1 aromatic carbocycles. The van der Waals surface area contributed by atoms with Gasteiger partial charge < -0.3 is 5.73 Å². The summed E-state index contributed by atoms with van der Waals surface area (Å²) >= 11 is 5.70. The van der Waals surface area contributed by atoms with Crippen molar-refractivity contribution in [2.75, 3.05) is 0 Å². The molecule has 90 valence electrons. The van der Waals surface area contributed by atoms with Crippen molar-refractivity contribution < 1.29 is 4.79 Å². The Balaban J connectivity index is 2.26. The second-order valence-electron chi connectivity index (χ2n) is 3.54. The molecule has 0 aliphatic heterocycles. The Bertz CT molecular complexity index is 596. The van der Waals surface area contributed by atoms with Crippen LogP contribution in [0.3, 0.4) is 0 Å². The smallest absolute Gasteiger partial charge is 0.279 e. The summed E-state index contributed by atoms with van der Waals surface area (Å²) in [6, 6.07) is 12.1. The zero-order valence-electron chi connectivity index (χ0n) is 9.38. The van der Waals surface area contributed by atoms with Crippen molar-refractivity contribution in [1.29, 1.82) is 0 Å². The topological polar surface area (TPSA) is 68.3 Å². The van der Waals surface area contributed by atoms with Gasteiger partial charge in [-0.25, -0.2) is 4.98 Å². The van der Waals surface area contributed by atoms with Crippen LogP contribution in [-0.4, -0.2) is 16.7 Å². The first-order valence-corrected chi connectivity index (χ1v) is 5.60. The maximum atomic E-state index is 11.8. The van der Waals surface area contributed by atoms with Gasteiger partial charge in [0.25, 0.3) is 5.91 Å². The molecule has 0 saturated carbocycles. The minimum Gasteiger partial charge on any atom is -0.383 e. The average molecular weight is 260 g/mol. The van der Waals surface area contributed by atoms with E-state index in [2.05, 4.69) is 9.98 Å². The van der Waals surface area contributed by atoms with Crippen molar-refractivity contribution in [3.8, 4) is 0 Å². The number of nitrogens with two attached hydrogens (primary N) is 1. The number of carbonyl (C=O) groups excluding carboxylic acids is 1. The Morgan fingerprint density at radius 3 is 2.56 bits per heavy atom. The summed E-state index contributed by atoms with van der Waals surface area (Å²) in [5, 5.41) is 0.245. The molecule has 0 spiro atoms. The molecule has 0 aliphatic carbocycles. The second-order valence-corrected chi connectivity index (χ2v) is 3.92. The van der Waals surface area contributed by atoms with Gasteiger partial charge in [0.1, 0.15) is 11.0 Å². The summed E-state index contributed by atoms with van der Waals surface area (Å²) in [5.74, 6) is -0.269. The van der Waals surface area contributed by atoms with Gasteiger partial charge in [0.15, 0.2) is 0 Å². The Kier molecular flexibility index (Phi) is 3.69. The molecule has 0 fully saturated rings. The molecule has 5 heteroatoms. The summed E-state index contributed by atoms with van der Waals surface area (Å²) in [6.07, 6.45) is 1.45. The lowest BCUT2D eigenvalue weighted by atomic mass is 10.2. The first-order chi connectivity index (χ1) is 8.66. The van der Waals surface area contributed by atoms with Gasteiger partial charge in [0.05, 0.1) is 0 Å². The number of amides is 1. The van der Waals surface area contributed by atoms with E-state index in [1.807, 2.05) is 18.2 Å². The first-order valence-electron chi connectivity index (χ1n) is 5.22. The third-order valence-electron chi connectivity index (χ3n) is 2.27. The molecule has 2 N–H and O–H groups in total. The number of aliphatic imine (C=N–C) groups is 1. The molecule has 1 heterocycles. The monoisotopic (exact) mass is 259 g/mol. The maximum absolute atomic E-state index is 11.8. The van der Waals surface area contributed by atoms with E-state index < -0.39 is 5.91 Å². The molecular weight excluding hydrogens is 250 g/mol. The van der Waals surface area contributed by atoms with Crippen LogP contribution in [0.5, 0.6) is 0 Å². The predicted molar refractivity (Wildman–Crippen MR) is 70.7 cm³/mol. The van der Waals surface area contributed by atoms with Gasteiger partial charge in [0.2, 0.25) is 0 Å². The summed E-state index contributed by atoms with van der Waals surface area (Å²) in [4.78, 5) is 19.4. The van der Waals surface area contributed by atoms with E-state index in [4.69, 9.17) is 17.3 Å². The maximum Gasteiger partial charge on any atom is 0.279 e. The number of rotatable bonds is 2. The fraction of sp³-hybridized carbons (Fsp3) is 0. The molecule has 0 radical (unpaired) electrons. The molecule has 2 aromatic rings. The van der Waals surface area contributed by atoms with Crippen LogP contribution in [0.4, 0.5) is 0 Å². The number of nitrogens with zero attached hydrogens (tertiary/aromatic N) is 2. The molecule has 0 bridgehead atoms. The van der Waals surface area contributed by atoms with Crippen LogP contribution in [0.25, 0.3) is 0 Å². The van der Waals surface area contributed by atoms with Crippen LogP contribution in [-0.2, 0) is 0 Å². The van der Waals surface area contributed by atoms with E-state index in [-0.39, 0.29) is 11.0 Å². The minimum atomic E-state index is -0.444. The molecule has 0 saturated heterocycles. The number of benzene rings is 1. The van der Waals surface area contributed by atoms with Gasteiger partial charge in [-0.1, -0.05) is 41.9 Å². The fourth-order valence-electron chi connectivity index (χ4n) is 1.38. The van der Waals surface area contributed by atoms with Crippen molar-refractivity contribution in [1.82, 2.24) is 4.98 Å². The van der Waals surface area contributed by atoms with Crippen LogP contribution in [0, 0.1) is 0 Å². The van der Waals surface area contributed by atoms with Crippen molar-refractivity contribution in [3.05, 3.63) is 64.9 Å². The SMILES string of the molecule is NC(=NC(=O)c1ccnc(Cl)c1)c1ccccc1. The third-order valence-corrected chi connectivity index (χ3v) is 2.47. The van der Waals surface area contributed by atoms with E-state index in [9.17, 15) is 4.79 Å². The summed E-state index contributed by atoms with van der Waals surface area (Å²) in [7, 11) is 0. The quantitative estimate of drug-likeness (QED) is 0.511. The van der Waals surface area contributed by atoms with Gasteiger partial charge in [-0.05, 0) is 12.1 Å². The number of pyridine rings is 1. The lowest BCUT2D eigenvalue weighted by Gasteiger charge is -2.00. The molecule has 1 amide bonds. The summed E-state index contributed by atoms with van der Waals surface area (Å²) in [6.45, 7) is 0. The number of hydrogen-bond acceptors (Lipinski definition) is 2. The lowest BCUT2D eigenvalue weighted by Crippen LogP contribution is -2.15. The highest BCUT2D eigenvalue weighted by molar-refractivity contribution is 6.29. The van der Waals surface area contributed by atoms with Crippen molar-refractivity contribution in [3.63, 3.8) is 0 Å². The van der Waals surface area contributed by atoms with Crippen molar-refractivity contribution in [2.24, 2.45) is 10.7 Å². The lowest BCUT2D eigenvalue weighted by molar-refractivity contribution is 0.100. The predicted octanol–water partition coefficient (Wildman–Crippen LogP) is 2.28. The van der Waals surface area contributed by atoms with Gasteiger partial charge >= 0.3 is 0 Å². The van der Waals surface area contributed by atoms with E-state index in [0.29, 0.717) is 11.1 Å². The molecule has 4 nitrogen and oxygen atoms in total. The molecule has 1 aromatic heterocycles. The molecule has 2 rings (SSSR count). The van der Waals surface area contributed by atoms with Gasteiger partial charge in [-0.3, -0.25) is 4.79 Å². The van der Waals surface area contributed by atoms with Crippen LogP contribution in [0.2, 0.25) is 5.15 Å². The van der Waals surface area contributed by atoms with E-state index in [1.54, 1.807) is 12.1 Å². The van der Waals surface area contributed by atoms with Gasteiger partial charge in [-0.15, -0.1) is 0 Å². The van der Waals surface area contributed by atoms with Crippen LogP contribution >= 0.6 is 11.6 Å². The Labute approximate surface area is 109 Å². The van der Waals surface area contributed by atoms with Crippen molar-refractivity contribution in [2.45, 2.75) is 0 Å². The van der Waals surface area contributed by atoms with E-state index in [1.165, 1.54) is 18.3 Å². The van der Waals surface area contributed by atoms with Crippen LogP contribution in [0.15, 0.2) is 53.7 Å². The number of carbonyl (C=O) groups is 1. The number of aromatic nitrogens is 1. The van der Waals surface area contributed by atoms with E-state index in [0.717, 1.165) is 0 Å². The molecule has 18 heavy (non-hydrogen) atoms. The zero-order valence-corrected chi connectivity index (χ0v) is 10.1. The fourth-order valence-corrected chi connectivity index (χ4v) is 1.56. The second kappa shape index (κ2) is 5.42. The number of hydrogen-bond donors (Lipinski definition) is 1. The third kappa shape index (κ3) is 2.93. The molecule has 0 aliphatic rings. The molecule has 0 atom stereocenters. The molecular formula is C13H10ClN3O. The zero-order chi connectivity index (χ0) is 13.0. The largest absolute Gasteiger partial charge is 0.383 e. The summed E-state index contributed by atoms with van der Waals surface area (Å²) < 4.78 is 0. The summed E-state index contributed by atoms with van der Waals surface area (Å²) in [5.41, 5.74) is 6.81. The minimum absolute atomic E-state index is 0.175. The Morgan fingerprint density at radius 1 is 1.17 bits per heavy atom. The first kappa shape index (κ1) is 12.3. The Hall–Kier alpha value is -2.20. The van der Waals surface area contributed by atoms with Crippen molar-refractivity contribution >= 4 is 23.3 Å². The van der Waals surface area contributed by atoms with E-state index >= 15 is 0 Å². The number of halogens is 1. The van der Waals surface area contributed by atoms with Crippen LogP contribution < -0.4 is 5.73 Å². The standard InChI is InChI=1S/C13H10ClN3O/c14-11-8-10(6-7-16-11)13(18)17-12(15)9-4-2-1-3-5-9/h1-8H,(H2,15,17,18).